The Labute approximate surface area is 120 Å². The summed E-state index contributed by atoms with van der Waals surface area (Å²) in [6, 6.07) is 9.19. The van der Waals surface area contributed by atoms with E-state index in [0.717, 1.165) is 44.6 Å². The zero-order chi connectivity index (χ0) is 13.9. The van der Waals surface area contributed by atoms with E-state index in [2.05, 4.69) is 39.4 Å². The van der Waals surface area contributed by atoms with Crippen LogP contribution in [0.5, 0.6) is 0 Å². The molecule has 1 unspecified atom stereocenters. The zero-order valence-corrected chi connectivity index (χ0v) is 12.2. The molecule has 3 nitrogen and oxygen atoms in total. The van der Waals surface area contributed by atoms with E-state index in [-0.39, 0.29) is 0 Å². The summed E-state index contributed by atoms with van der Waals surface area (Å²) in [5.74, 6) is 0. The van der Waals surface area contributed by atoms with Crippen LogP contribution in [0, 0.1) is 0 Å². The van der Waals surface area contributed by atoms with Gasteiger partial charge < -0.3 is 10.2 Å². The molecule has 1 N–H and O–H groups in total. The van der Waals surface area contributed by atoms with Gasteiger partial charge in [0.2, 0.25) is 0 Å². The number of rotatable bonds is 3. The lowest BCUT2D eigenvalue weighted by molar-refractivity contribution is 0.192. The predicted molar refractivity (Wildman–Crippen MR) is 82.3 cm³/mol. The smallest absolute Gasteiger partial charge is 0.114 e. The van der Waals surface area contributed by atoms with E-state index in [1.165, 1.54) is 5.69 Å². The van der Waals surface area contributed by atoms with Crippen molar-refractivity contribution in [3.05, 3.63) is 24.3 Å². The fraction of sp³-hybridized carbons (Fsp3) is 0.625. The van der Waals surface area contributed by atoms with Gasteiger partial charge in [-0.25, -0.2) is 4.39 Å². The van der Waals surface area contributed by atoms with Gasteiger partial charge in [0, 0.05) is 50.6 Å². The Morgan fingerprint density at radius 1 is 1.05 bits per heavy atom. The Balaban J connectivity index is 1.55. The minimum atomic E-state index is -0.595. The second-order valence-electron chi connectivity index (χ2n) is 5.90. The second-order valence-corrected chi connectivity index (χ2v) is 5.90. The maximum atomic E-state index is 13.3. The summed E-state index contributed by atoms with van der Waals surface area (Å²) in [4.78, 5) is 4.80. The number of hydrogen-bond acceptors (Lipinski definition) is 3. The molecule has 0 spiro atoms. The molecule has 0 aromatic heterocycles. The summed E-state index contributed by atoms with van der Waals surface area (Å²) >= 11 is 0. The SMILES string of the molecule is CNc1ccc(N2CCC(N3CCC(F)C3)CC2)cc1. The van der Waals surface area contributed by atoms with Crippen LogP contribution in [0.4, 0.5) is 15.8 Å². The zero-order valence-electron chi connectivity index (χ0n) is 12.2. The first-order valence-corrected chi connectivity index (χ1v) is 7.67. The van der Waals surface area contributed by atoms with Crippen LogP contribution in [0.25, 0.3) is 0 Å². The van der Waals surface area contributed by atoms with Gasteiger partial charge in [-0.2, -0.15) is 0 Å². The van der Waals surface area contributed by atoms with Gasteiger partial charge in [0.05, 0.1) is 0 Å². The fourth-order valence-electron chi connectivity index (χ4n) is 3.40. The standard InChI is InChI=1S/C16H24FN3/c1-18-14-2-4-15(5-3-14)19-10-7-16(8-11-19)20-9-6-13(17)12-20/h2-5,13,16,18H,6-12H2,1H3. The summed E-state index contributed by atoms with van der Waals surface area (Å²) < 4.78 is 13.3. The predicted octanol–water partition coefficient (Wildman–Crippen LogP) is 2.74. The summed E-state index contributed by atoms with van der Waals surface area (Å²) in [7, 11) is 1.94. The molecule has 2 saturated heterocycles. The maximum absolute atomic E-state index is 13.3. The third kappa shape index (κ3) is 2.90. The summed E-state index contributed by atoms with van der Waals surface area (Å²) in [5.41, 5.74) is 2.45. The van der Waals surface area contributed by atoms with Gasteiger partial charge in [-0.3, -0.25) is 4.90 Å². The molecule has 1 aromatic carbocycles. The molecule has 2 aliphatic heterocycles. The lowest BCUT2D eigenvalue weighted by Gasteiger charge is -2.37. The second kappa shape index (κ2) is 6.00. The highest BCUT2D eigenvalue weighted by atomic mass is 19.1. The molecule has 0 saturated carbocycles. The topological polar surface area (TPSA) is 18.5 Å². The molecule has 2 aliphatic rings. The normalized spacial score (nSPS) is 25.1. The van der Waals surface area contributed by atoms with Crippen LogP contribution in [0.3, 0.4) is 0 Å². The van der Waals surface area contributed by atoms with Gasteiger partial charge in [-0.1, -0.05) is 0 Å². The van der Waals surface area contributed by atoms with Gasteiger partial charge in [-0.05, 0) is 43.5 Å². The number of nitrogens with zero attached hydrogens (tertiary/aromatic N) is 2. The number of halogens is 1. The summed E-state index contributed by atoms with van der Waals surface area (Å²) in [5, 5.41) is 3.14. The van der Waals surface area contributed by atoms with Crippen molar-refractivity contribution in [3.8, 4) is 0 Å². The maximum Gasteiger partial charge on any atom is 0.114 e. The largest absolute Gasteiger partial charge is 0.388 e. The van der Waals surface area contributed by atoms with Gasteiger partial charge in [0.25, 0.3) is 0 Å². The van der Waals surface area contributed by atoms with E-state index in [1.54, 1.807) is 0 Å². The monoisotopic (exact) mass is 277 g/mol. The van der Waals surface area contributed by atoms with Crippen LogP contribution in [-0.4, -0.2) is 50.3 Å². The number of alkyl halides is 1. The van der Waals surface area contributed by atoms with Gasteiger partial charge in [-0.15, -0.1) is 0 Å². The molecule has 2 heterocycles. The van der Waals surface area contributed by atoms with Crippen LogP contribution in [0.1, 0.15) is 19.3 Å². The first-order chi connectivity index (χ1) is 9.76. The van der Waals surface area contributed by atoms with Crippen molar-refractivity contribution >= 4 is 11.4 Å². The highest BCUT2D eigenvalue weighted by Crippen LogP contribution is 2.26. The van der Waals surface area contributed by atoms with E-state index < -0.39 is 6.17 Å². The Hall–Kier alpha value is -1.29. The molecule has 110 valence electrons. The van der Waals surface area contributed by atoms with E-state index in [9.17, 15) is 4.39 Å². The van der Waals surface area contributed by atoms with Crippen LogP contribution in [0.2, 0.25) is 0 Å². The molecule has 20 heavy (non-hydrogen) atoms. The van der Waals surface area contributed by atoms with Crippen molar-refractivity contribution in [1.82, 2.24) is 4.90 Å². The lowest BCUT2D eigenvalue weighted by Crippen LogP contribution is -2.44. The average Bonchev–Trinajstić information content (AvgIpc) is 2.94. The highest BCUT2D eigenvalue weighted by molar-refractivity contribution is 5.55. The quantitative estimate of drug-likeness (QED) is 0.916. The Kier molecular flexibility index (Phi) is 4.10. The molecular formula is C16H24FN3. The minimum Gasteiger partial charge on any atom is -0.388 e. The molecule has 2 fully saturated rings. The molecule has 3 rings (SSSR count). The molecule has 4 heteroatoms. The van der Waals surface area contributed by atoms with Crippen LogP contribution in [-0.2, 0) is 0 Å². The van der Waals surface area contributed by atoms with Gasteiger partial charge in [0.1, 0.15) is 6.17 Å². The van der Waals surface area contributed by atoms with Crippen molar-refractivity contribution in [3.63, 3.8) is 0 Å². The third-order valence-corrected chi connectivity index (χ3v) is 4.66. The number of benzene rings is 1. The first kappa shape index (κ1) is 13.7. The molecule has 0 bridgehead atoms. The van der Waals surface area contributed by atoms with Crippen LogP contribution < -0.4 is 10.2 Å². The minimum absolute atomic E-state index is 0.587. The Morgan fingerprint density at radius 3 is 2.30 bits per heavy atom. The molecular weight excluding hydrogens is 253 g/mol. The van der Waals surface area contributed by atoms with Crippen LogP contribution in [0.15, 0.2) is 24.3 Å². The van der Waals surface area contributed by atoms with E-state index in [4.69, 9.17) is 0 Å². The van der Waals surface area contributed by atoms with Crippen molar-refractivity contribution in [2.24, 2.45) is 0 Å². The molecule has 0 amide bonds. The number of hydrogen-bond donors (Lipinski definition) is 1. The van der Waals surface area contributed by atoms with Crippen LogP contribution >= 0.6 is 0 Å². The molecule has 1 atom stereocenters. The lowest BCUT2D eigenvalue weighted by atomic mass is 10.0. The average molecular weight is 277 g/mol. The summed E-state index contributed by atoms with van der Waals surface area (Å²) in [6.07, 6.45) is 2.44. The Bertz CT molecular complexity index is 426. The Morgan fingerprint density at radius 2 is 1.75 bits per heavy atom. The van der Waals surface area contributed by atoms with Gasteiger partial charge >= 0.3 is 0 Å². The van der Waals surface area contributed by atoms with E-state index in [1.807, 2.05) is 7.05 Å². The molecule has 0 radical (unpaired) electrons. The number of nitrogens with one attached hydrogen (secondary N) is 1. The van der Waals surface area contributed by atoms with Crippen molar-refractivity contribution in [1.29, 1.82) is 0 Å². The summed E-state index contributed by atoms with van der Waals surface area (Å²) in [6.45, 7) is 3.76. The number of likely N-dealkylation sites (tertiary alicyclic amines) is 1. The number of piperidine rings is 1. The first-order valence-electron chi connectivity index (χ1n) is 7.67. The highest BCUT2D eigenvalue weighted by Gasteiger charge is 2.30. The van der Waals surface area contributed by atoms with Crippen molar-refractivity contribution in [2.45, 2.75) is 31.5 Å². The van der Waals surface area contributed by atoms with Crippen molar-refractivity contribution in [2.75, 3.05) is 43.4 Å². The third-order valence-electron chi connectivity index (χ3n) is 4.66. The molecule has 1 aromatic rings. The number of anilines is 2. The van der Waals surface area contributed by atoms with Crippen molar-refractivity contribution < 1.29 is 4.39 Å². The van der Waals surface area contributed by atoms with E-state index in [0.29, 0.717) is 12.6 Å². The van der Waals surface area contributed by atoms with Gasteiger partial charge in [0.15, 0.2) is 0 Å². The molecule has 0 aliphatic carbocycles. The van der Waals surface area contributed by atoms with E-state index >= 15 is 0 Å². The fourth-order valence-corrected chi connectivity index (χ4v) is 3.40.